The van der Waals surface area contributed by atoms with Crippen molar-refractivity contribution in [2.24, 2.45) is 0 Å². The highest BCUT2D eigenvalue weighted by Crippen LogP contribution is 2.17. The molecule has 0 fully saturated rings. The van der Waals surface area contributed by atoms with Crippen molar-refractivity contribution in [3.05, 3.63) is 177 Å². The second-order valence-electron chi connectivity index (χ2n) is 8.97. The summed E-state index contributed by atoms with van der Waals surface area (Å²) in [4.78, 5) is 0. The van der Waals surface area contributed by atoms with Gasteiger partial charge in [0.25, 0.3) is 0 Å². The monoisotopic (exact) mass is 550 g/mol. The molecule has 198 valence electrons. The first-order valence-corrected chi connectivity index (χ1v) is 12.7. The van der Waals surface area contributed by atoms with Gasteiger partial charge < -0.3 is 0 Å². The summed E-state index contributed by atoms with van der Waals surface area (Å²) in [6, 6.07) is 26.7. The van der Waals surface area contributed by atoms with E-state index in [0.29, 0.717) is 44.5 Å². The standard InChI is InChI=1S/C38H18F4/c39-35-17-5-27(6-18-35)1-13-31-25-33(15-3-29-9-21-37(41)22-10-29)34(16-4-30-11-23-38(42)24-12-30)26-32(31)14-2-28-7-19-36(40)20-8-28/h5-12,17-26H. The van der Waals surface area contributed by atoms with Gasteiger partial charge in [0.15, 0.2) is 0 Å². The molecule has 5 aromatic carbocycles. The van der Waals surface area contributed by atoms with Gasteiger partial charge in [-0.2, -0.15) is 0 Å². The Morgan fingerprint density at radius 1 is 0.262 bits per heavy atom. The summed E-state index contributed by atoms with van der Waals surface area (Å²) in [6.07, 6.45) is 0. The zero-order chi connectivity index (χ0) is 29.3. The van der Waals surface area contributed by atoms with Crippen LogP contribution in [0.25, 0.3) is 0 Å². The third kappa shape index (κ3) is 7.58. The first-order chi connectivity index (χ1) is 20.4. The topological polar surface area (TPSA) is 0 Å². The molecule has 4 heteroatoms. The van der Waals surface area contributed by atoms with Crippen molar-refractivity contribution in [2.75, 3.05) is 0 Å². The summed E-state index contributed by atoms with van der Waals surface area (Å²) >= 11 is 0. The molecule has 0 amide bonds. The number of rotatable bonds is 0. The highest BCUT2D eigenvalue weighted by molar-refractivity contribution is 5.64. The van der Waals surface area contributed by atoms with Crippen LogP contribution in [0.15, 0.2) is 109 Å². The summed E-state index contributed by atoms with van der Waals surface area (Å²) in [5.74, 6) is 23.1. The van der Waals surface area contributed by atoms with Crippen molar-refractivity contribution in [1.29, 1.82) is 0 Å². The molecule has 0 aromatic heterocycles. The first-order valence-electron chi connectivity index (χ1n) is 12.7. The highest BCUT2D eigenvalue weighted by Gasteiger charge is 2.06. The predicted octanol–water partition coefficient (Wildman–Crippen LogP) is 7.84. The maximum atomic E-state index is 13.4. The van der Waals surface area contributed by atoms with E-state index in [1.54, 1.807) is 60.7 Å². The summed E-state index contributed by atoms with van der Waals surface area (Å²) in [7, 11) is 0. The molecule has 0 atom stereocenters. The maximum absolute atomic E-state index is 13.4. The molecule has 0 aliphatic carbocycles. The molecule has 0 saturated heterocycles. The molecule has 0 nitrogen and oxygen atoms in total. The van der Waals surface area contributed by atoms with Gasteiger partial charge in [0.2, 0.25) is 0 Å². The molecule has 0 spiro atoms. The third-order valence-electron chi connectivity index (χ3n) is 5.90. The summed E-state index contributed by atoms with van der Waals surface area (Å²) in [5, 5.41) is 0. The minimum atomic E-state index is -0.367. The lowest BCUT2D eigenvalue weighted by atomic mass is 9.97. The predicted molar refractivity (Wildman–Crippen MR) is 156 cm³/mol. The van der Waals surface area contributed by atoms with E-state index < -0.39 is 0 Å². The molecular formula is C38H18F4. The second-order valence-corrected chi connectivity index (χ2v) is 8.97. The molecular weight excluding hydrogens is 532 g/mol. The molecule has 0 saturated carbocycles. The van der Waals surface area contributed by atoms with Crippen LogP contribution in [0.4, 0.5) is 17.6 Å². The van der Waals surface area contributed by atoms with Crippen molar-refractivity contribution >= 4 is 0 Å². The average molecular weight is 551 g/mol. The Morgan fingerprint density at radius 2 is 0.452 bits per heavy atom. The normalized spacial score (nSPS) is 9.62. The van der Waals surface area contributed by atoms with Crippen LogP contribution in [0, 0.1) is 70.6 Å². The molecule has 42 heavy (non-hydrogen) atoms. The van der Waals surface area contributed by atoms with Gasteiger partial charge >= 0.3 is 0 Å². The zero-order valence-corrected chi connectivity index (χ0v) is 21.9. The SMILES string of the molecule is Fc1ccc(C#Cc2cc(C#Cc3ccc(F)cc3)c(C#Cc3ccc(F)cc3)cc2C#Cc2ccc(F)cc2)cc1. The van der Waals surface area contributed by atoms with Gasteiger partial charge in [0.05, 0.1) is 0 Å². The molecule has 0 heterocycles. The second kappa shape index (κ2) is 12.9. The van der Waals surface area contributed by atoms with Crippen LogP contribution in [0.5, 0.6) is 0 Å². The van der Waals surface area contributed by atoms with Crippen LogP contribution in [0.3, 0.4) is 0 Å². The number of hydrogen-bond acceptors (Lipinski definition) is 0. The van der Waals surface area contributed by atoms with Crippen LogP contribution in [0.2, 0.25) is 0 Å². The van der Waals surface area contributed by atoms with E-state index in [9.17, 15) is 17.6 Å². The molecule has 0 aliphatic heterocycles. The maximum Gasteiger partial charge on any atom is 0.123 e. The van der Waals surface area contributed by atoms with E-state index in [1.807, 2.05) is 0 Å². The van der Waals surface area contributed by atoms with Crippen molar-refractivity contribution in [1.82, 2.24) is 0 Å². The quantitative estimate of drug-likeness (QED) is 0.136. The van der Waals surface area contributed by atoms with E-state index >= 15 is 0 Å². The van der Waals surface area contributed by atoms with Gasteiger partial charge in [-0.15, -0.1) is 0 Å². The summed E-state index contributed by atoms with van der Waals surface area (Å²) < 4.78 is 53.6. The van der Waals surface area contributed by atoms with Crippen molar-refractivity contribution in [3.8, 4) is 47.4 Å². The van der Waals surface area contributed by atoms with Gasteiger partial charge in [-0.05, 0) is 109 Å². The highest BCUT2D eigenvalue weighted by atomic mass is 19.1. The lowest BCUT2D eigenvalue weighted by Gasteiger charge is -2.04. The van der Waals surface area contributed by atoms with Crippen LogP contribution >= 0.6 is 0 Å². The van der Waals surface area contributed by atoms with Gasteiger partial charge in [-0.3, -0.25) is 0 Å². The fraction of sp³-hybridized carbons (Fsp3) is 0. The van der Waals surface area contributed by atoms with Crippen molar-refractivity contribution < 1.29 is 17.6 Å². The molecule has 0 radical (unpaired) electrons. The van der Waals surface area contributed by atoms with Gasteiger partial charge in [0.1, 0.15) is 23.3 Å². The summed E-state index contributed by atoms with van der Waals surface area (Å²) in [6.45, 7) is 0. The number of hydrogen-bond donors (Lipinski definition) is 0. The Bertz CT molecular complexity index is 1690. The molecule has 0 N–H and O–H groups in total. The van der Waals surface area contributed by atoms with Gasteiger partial charge in [-0.25, -0.2) is 17.6 Å². The Balaban J connectivity index is 1.66. The van der Waals surface area contributed by atoms with Crippen molar-refractivity contribution in [3.63, 3.8) is 0 Å². The first kappa shape index (κ1) is 27.6. The van der Waals surface area contributed by atoms with Gasteiger partial charge in [-0.1, -0.05) is 47.4 Å². The van der Waals surface area contributed by atoms with Crippen LogP contribution in [0.1, 0.15) is 44.5 Å². The Hall–Kier alpha value is -5.94. The van der Waals surface area contributed by atoms with E-state index in [4.69, 9.17) is 0 Å². The Morgan fingerprint density at radius 3 is 0.643 bits per heavy atom. The van der Waals surface area contributed by atoms with E-state index in [-0.39, 0.29) is 23.3 Å². The van der Waals surface area contributed by atoms with E-state index in [0.717, 1.165) is 0 Å². The van der Waals surface area contributed by atoms with E-state index in [1.165, 1.54) is 48.5 Å². The molecule has 5 aromatic rings. The lowest BCUT2D eigenvalue weighted by Crippen LogP contribution is -1.93. The minimum Gasteiger partial charge on any atom is -0.207 e. The Labute approximate surface area is 241 Å². The van der Waals surface area contributed by atoms with Crippen LogP contribution in [-0.4, -0.2) is 0 Å². The smallest absolute Gasteiger partial charge is 0.123 e. The number of benzene rings is 5. The molecule has 0 aliphatic rings. The largest absolute Gasteiger partial charge is 0.207 e. The Kier molecular flexibility index (Phi) is 8.51. The fourth-order valence-corrected chi connectivity index (χ4v) is 3.70. The number of halogens is 4. The van der Waals surface area contributed by atoms with Crippen LogP contribution in [-0.2, 0) is 0 Å². The third-order valence-corrected chi connectivity index (χ3v) is 5.90. The van der Waals surface area contributed by atoms with Crippen molar-refractivity contribution in [2.45, 2.75) is 0 Å². The van der Waals surface area contributed by atoms with Crippen LogP contribution < -0.4 is 0 Å². The zero-order valence-electron chi connectivity index (χ0n) is 21.9. The molecule has 5 rings (SSSR count). The molecule has 0 bridgehead atoms. The minimum absolute atomic E-state index is 0.367. The van der Waals surface area contributed by atoms with E-state index in [2.05, 4.69) is 47.4 Å². The van der Waals surface area contributed by atoms with Gasteiger partial charge in [0, 0.05) is 44.5 Å². The molecule has 0 unspecified atom stereocenters. The fourth-order valence-electron chi connectivity index (χ4n) is 3.70. The average Bonchev–Trinajstić information content (AvgIpc) is 3.00. The summed E-state index contributed by atoms with van der Waals surface area (Å²) in [5.41, 5.74) is 4.60. The lowest BCUT2D eigenvalue weighted by molar-refractivity contribution is 0.627.